The number of carbonyl (C=O) groups is 1. The van der Waals surface area contributed by atoms with Crippen LogP contribution in [0.15, 0.2) is 5.51 Å². The summed E-state index contributed by atoms with van der Waals surface area (Å²) < 4.78 is 0. The average Bonchev–Trinajstić information content (AvgIpc) is 2.55. The molecule has 5 nitrogen and oxygen atoms in total. The highest BCUT2D eigenvalue weighted by Crippen LogP contribution is 2.10. The fraction of sp³-hybridized carbons (Fsp3) is 0.625. The number of aromatic nitrogens is 2. The van der Waals surface area contributed by atoms with E-state index >= 15 is 0 Å². The molecular weight excluding hydrogens is 200 g/mol. The molecule has 1 aromatic heterocycles. The van der Waals surface area contributed by atoms with Gasteiger partial charge in [-0.3, -0.25) is 10.1 Å². The first kappa shape index (κ1) is 11.1. The van der Waals surface area contributed by atoms with Crippen LogP contribution in [0.2, 0.25) is 0 Å². The topological polar surface area (TPSA) is 80.9 Å². The molecule has 0 radical (unpaired) electrons. The molecule has 3 N–H and O–H groups in total. The van der Waals surface area contributed by atoms with E-state index in [-0.39, 0.29) is 5.91 Å². The second-order valence-corrected chi connectivity index (χ2v) is 4.30. The van der Waals surface area contributed by atoms with Gasteiger partial charge in [0.1, 0.15) is 5.51 Å². The standard InChI is InChI=1S/C8H14N4OS/c1-5(2)3-6(9)7(13)11-8-12-10-4-14-8/h4-6H,3,9H2,1-2H3,(H,11,12,13)/t6-/m1/s1. The van der Waals surface area contributed by atoms with Gasteiger partial charge in [-0.05, 0) is 12.3 Å². The number of nitrogens with two attached hydrogens (primary N) is 1. The third-order valence-electron chi connectivity index (χ3n) is 1.65. The van der Waals surface area contributed by atoms with E-state index in [1.807, 2.05) is 13.8 Å². The minimum absolute atomic E-state index is 0.199. The van der Waals surface area contributed by atoms with Crippen LogP contribution >= 0.6 is 11.3 Å². The molecule has 6 heteroatoms. The quantitative estimate of drug-likeness (QED) is 0.778. The smallest absolute Gasteiger partial charge is 0.243 e. The summed E-state index contributed by atoms with van der Waals surface area (Å²) in [4.78, 5) is 11.4. The molecule has 0 saturated heterocycles. The van der Waals surface area contributed by atoms with Gasteiger partial charge in [0.05, 0.1) is 6.04 Å². The molecule has 0 bridgehead atoms. The summed E-state index contributed by atoms with van der Waals surface area (Å²) in [6.45, 7) is 4.05. The fourth-order valence-electron chi connectivity index (χ4n) is 1.04. The van der Waals surface area contributed by atoms with Crippen molar-refractivity contribution in [1.82, 2.24) is 10.2 Å². The minimum Gasteiger partial charge on any atom is -0.320 e. The predicted molar refractivity (Wildman–Crippen MR) is 56.0 cm³/mol. The van der Waals surface area contributed by atoms with Crippen LogP contribution in [0.1, 0.15) is 20.3 Å². The van der Waals surface area contributed by atoms with E-state index in [1.165, 1.54) is 11.3 Å². The Balaban J connectivity index is 2.42. The lowest BCUT2D eigenvalue weighted by Crippen LogP contribution is -2.36. The third kappa shape index (κ3) is 3.39. The lowest BCUT2D eigenvalue weighted by Gasteiger charge is -2.12. The van der Waals surface area contributed by atoms with Gasteiger partial charge in [-0.1, -0.05) is 25.2 Å². The van der Waals surface area contributed by atoms with Crippen LogP contribution in [0.25, 0.3) is 0 Å². The van der Waals surface area contributed by atoms with Crippen LogP contribution in [0, 0.1) is 5.92 Å². The van der Waals surface area contributed by atoms with E-state index in [1.54, 1.807) is 5.51 Å². The summed E-state index contributed by atoms with van der Waals surface area (Å²) in [5, 5.41) is 10.4. The van der Waals surface area contributed by atoms with E-state index in [0.29, 0.717) is 17.5 Å². The molecule has 0 spiro atoms. The van der Waals surface area contributed by atoms with Crippen LogP contribution in [0.5, 0.6) is 0 Å². The second kappa shape index (κ2) is 5.02. The zero-order valence-corrected chi connectivity index (χ0v) is 9.04. The van der Waals surface area contributed by atoms with Crippen molar-refractivity contribution in [3.63, 3.8) is 0 Å². The number of nitrogens with zero attached hydrogens (tertiary/aromatic N) is 2. The lowest BCUT2D eigenvalue weighted by molar-refractivity contribution is -0.117. The van der Waals surface area contributed by atoms with Crippen LogP contribution in [0.3, 0.4) is 0 Å². The summed E-state index contributed by atoms with van der Waals surface area (Å²) >= 11 is 1.28. The molecule has 0 aliphatic heterocycles. The molecule has 1 amide bonds. The van der Waals surface area contributed by atoms with E-state index in [2.05, 4.69) is 15.5 Å². The molecule has 0 saturated carbocycles. The maximum Gasteiger partial charge on any atom is 0.243 e. The first-order valence-corrected chi connectivity index (χ1v) is 5.30. The van der Waals surface area contributed by atoms with Crippen molar-refractivity contribution in [2.24, 2.45) is 11.7 Å². The van der Waals surface area contributed by atoms with Crippen LogP contribution in [-0.4, -0.2) is 22.1 Å². The van der Waals surface area contributed by atoms with Crippen molar-refractivity contribution in [3.8, 4) is 0 Å². The van der Waals surface area contributed by atoms with Crippen molar-refractivity contribution in [1.29, 1.82) is 0 Å². The first-order chi connectivity index (χ1) is 6.59. The van der Waals surface area contributed by atoms with Crippen molar-refractivity contribution >= 4 is 22.4 Å². The van der Waals surface area contributed by atoms with Gasteiger partial charge >= 0.3 is 0 Å². The highest BCUT2D eigenvalue weighted by Gasteiger charge is 2.15. The van der Waals surface area contributed by atoms with E-state index in [9.17, 15) is 4.79 Å². The Morgan fingerprint density at radius 3 is 2.93 bits per heavy atom. The number of nitrogens with one attached hydrogen (secondary N) is 1. The van der Waals surface area contributed by atoms with Crippen LogP contribution in [-0.2, 0) is 4.79 Å². The van der Waals surface area contributed by atoms with Crippen molar-refractivity contribution < 1.29 is 4.79 Å². The molecule has 0 aliphatic rings. The van der Waals surface area contributed by atoms with Gasteiger partial charge < -0.3 is 5.73 Å². The molecular formula is C8H14N4OS. The summed E-state index contributed by atoms with van der Waals surface area (Å²) in [6, 6.07) is -0.473. The zero-order valence-electron chi connectivity index (χ0n) is 8.23. The maximum absolute atomic E-state index is 11.4. The Hall–Kier alpha value is -1.01. The van der Waals surface area contributed by atoms with Gasteiger partial charge in [-0.25, -0.2) is 0 Å². The van der Waals surface area contributed by atoms with Gasteiger partial charge in [0.15, 0.2) is 0 Å². The van der Waals surface area contributed by atoms with Gasteiger partial charge in [-0.15, -0.1) is 10.2 Å². The van der Waals surface area contributed by atoms with Gasteiger partial charge in [0.25, 0.3) is 0 Å². The summed E-state index contributed by atoms with van der Waals surface area (Å²) in [6.07, 6.45) is 0.671. The second-order valence-electron chi connectivity index (χ2n) is 3.47. The molecule has 14 heavy (non-hydrogen) atoms. The molecule has 78 valence electrons. The molecule has 0 fully saturated rings. The van der Waals surface area contributed by atoms with Crippen molar-refractivity contribution in [2.45, 2.75) is 26.3 Å². The van der Waals surface area contributed by atoms with Gasteiger partial charge in [-0.2, -0.15) is 0 Å². The normalized spacial score (nSPS) is 12.9. The molecule has 0 unspecified atom stereocenters. The number of hydrogen-bond acceptors (Lipinski definition) is 5. The Morgan fingerprint density at radius 2 is 2.43 bits per heavy atom. The molecule has 1 atom stereocenters. The van der Waals surface area contributed by atoms with Gasteiger partial charge in [0.2, 0.25) is 11.0 Å². The number of hydrogen-bond donors (Lipinski definition) is 2. The van der Waals surface area contributed by atoms with E-state index in [0.717, 1.165) is 0 Å². The Morgan fingerprint density at radius 1 is 1.71 bits per heavy atom. The monoisotopic (exact) mass is 214 g/mol. The van der Waals surface area contributed by atoms with Crippen molar-refractivity contribution in [3.05, 3.63) is 5.51 Å². The molecule has 0 aliphatic carbocycles. The van der Waals surface area contributed by atoms with Crippen LogP contribution in [0.4, 0.5) is 5.13 Å². The number of anilines is 1. The summed E-state index contributed by atoms with van der Waals surface area (Å²) in [5.74, 6) is 0.209. The molecule has 1 heterocycles. The van der Waals surface area contributed by atoms with E-state index < -0.39 is 6.04 Å². The Bertz CT molecular complexity index is 286. The minimum atomic E-state index is -0.473. The summed E-state index contributed by atoms with van der Waals surface area (Å²) in [5.41, 5.74) is 7.24. The maximum atomic E-state index is 11.4. The van der Waals surface area contributed by atoms with Crippen LogP contribution < -0.4 is 11.1 Å². The van der Waals surface area contributed by atoms with Crippen molar-refractivity contribution in [2.75, 3.05) is 5.32 Å². The molecule has 1 aromatic rings. The Labute approximate surface area is 86.7 Å². The third-order valence-corrected chi connectivity index (χ3v) is 2.26. The zero-order chi connectivity index (χ0) is 10.6. The SMILES string of the molecule is CC(C)C[C@@H](N)C(=O)Nc1nncs1. The highest BCUT2D eigenvalue weighted by molar-refractivity contribution is 7.13. The van der Waals surface area contributed by atoms with Gasteiger partial charge in [0, 0.05) is 0 Å². The molecule has 0 aromatic carbocycles. The Kier molecular flexibility index (Phi) is 3.97. The molecule has 1 rings (SSSR count). The predicted octanol–water partition coefficient (Wildman–Crippen LogP) is 0.850. The number of rotatable bonds is 4. The first-order valence-electron chi connectivity index (χ1n) is 4.42. The highest BCUT2D eigenvalue weighted by atomic mass is 32.1. The average molecular weight is 214 g/mol. The summed E-state index contributed by atoms with van der Waals surface area (Å²) in [7, 11) is 0. The largest absolute Gasteiger partial charge is 0.320 e. The number of carbonyl (C=O) groups excluding carboxylic acids is 1. The van der Waals surface area contributed by atoms with E-state index in [4.69, 9.17) is 5.73 Å². The lowest BCUT2D eigenvalue weighted by atomic mass is 10.0. The fourth-order valence-corrected chi connectivity index (χ4v) is 1.49. The number of amides is 1.